The van der Waals surface area contributed by atoms with Crippen molar-refractivity contribution in [2.45, 2.75) is 25.5 Å². The highest BCUT2D eigenvalue weighted by molar-refractivity contribution is 8.01. The molecule has 0 saturated carbocycles. The number of thioether (sulfide) groups is 1. The maximum absolute atomic E-state index is 10.9. The van der Waals surface area contributed by atoms with Crippen molar-refractivity contribution < 1.29 is 9.53 Å². The highest BCUT2D eigenvalue weighted by Crippen LogP contribution is 2.22. The second kappa shape index (κ2) is 5.43. The van der Waals surface area contributed by atoms with E-state index in [9.17, 15) is 4.79 Å². The fourth-order valence-electron chi connectivity index (χ4n) is 0.516. The van der Waals surface area contributed by atoms with E-state index in [0.29, 0.717) is 18.9 Å². The molecule has 0 atom stereocenters. The smallest absolute Gasteiger partial charge is 0.315 e. The number of carbonyl (C=O) groups is 1. The first kappa shape index (κ1) is 11.8. The minimum absolute atomic E-state index is 0.0350. The summed E-state index contributed by atoms with van der Waals surface area (Å²) in [6, 6.07) is 0. The number of carbonyl (C=O) groups excluding carboxylic acids is 1. The third-order valence-electron chi connectivity index (χ3n) is 1.38. The normalized spacial score (nSPS) is 11.3. The number of esters is 1. The molecule has 0 aliphatic carbocycles. The lowest BCUT2D eigenvalue weighted by atomic mass is 10.2. The third-order valence-corrected chi connectivity index (χ3v) is 2.71. The largest absolute Gasteiger partial charge is 0.465 e. The van der Waals surface area contributed by atoms with Crippen LogP contribution < -0.4 is 5.73 Å². The Labute approximate surface area is 78.0 Å². The van der Waals surface area contributed by atoms with Gasteiger partial charge < -0.3 is 10.5 Å². The topological polar surface area (TPSA) is 52.3 Å². The molecular weight excluding hydrogens is 174 g/mol. The monoisotopic (exact) mass is 191 g/mol. The first-order valence-corrected chi connectivity index (χ1v) is 5.00. The van der Waals surface area contributed by atoms with Gasteiger partial charge in [0.1, 0.15) is 0 Å². The van der Waals surface area contributed by atoms with Crippen LogP contribution in [-0.2, 0) is 9.53 Å². The first-order chi connectivity index (χ1) is 5.52. The molecule has 0 aliphatic rings. The van der Waals surface area contributed by atoms with Crippen LogP contribution in [0.3, 0.4) is 0 Å². The Hall–Kier alpha value is -0.220. The predicted octanol–water partition coefficient (Wildman–Crippen LogP) is 1.02. The van der Waals surface area contributed by atoms with Gasteiger partial charge in [-0.2, -0.15) is 0 Å². The molecule has 0 rings (SSSR count). The van der Waals surface area contributed by atoms with Crippen LogP contribution in [0.15, 0.2) is 0 Å². The zero-order valence-corrected chi connectivity index (χ0v) is 8.74. The standard InChI is InChI=1S/C8H17NO2S/c1-4-11-7(10)5-12-8(2,3)6-9/h4-6,9H2,1-3H3. The number of ether oxygens (including phenoxy) is 1. The van der Waals surface area contributed by atoms with Crippen LogP contribution in [0, 0.1) is 0 Å². The Balaban J connectivity index is 3.60. The highest BCUT2D eigenvalue weighted by Gasteiger charge is 2.17. The summed E-state index contributed by atoms with van der Waals surface area (Å²) < 4.78 is 4.75. The van der Waals surface area contributed by atoms with Crippen LogP contribution in [-0.4, -0.2) is 29.6 Å². The molecule has 3 nitrogen and oxygen atoms in total. The summed E-state index contributed by atoms with van der Waals surface area (Å²) in [7, 11) is 0. The summed E-state index contributed by atoms with van der Waals surface area (Å²) >= 11 is 1.53. The van der Waals surface area contributed by atoms with Gasteiger partial charge in [-0.1, -0.05) is 0 Å². The Morgan fingerprint density at radius 3 is 2.58 bits per heavy atom. The molecule has 72 valence electrons. The lowest BCUT2D eigenvalue weighted by Crippen LogP contribution is -2.28. The van der Waals surface area contributed by atoms with Gasteiger partial charge in [-0.3, -0.25) is 4.79 Å². The SMILES string of the molecule is CCOC(=O)CSC(C)(C)CN. The zero-order valence-electron chi connectivity index (χ0n) is 7.92. The second-order valence-electron chi connectivity index (χ2n) is 3.06. The van der Waals surface area contributed by atoms with E-state index in [1.165, 1.54) is 11.8 Å². The molecule has 0 amide bonds. The molecule has 0 bridgehead atoms. The van der Waals surface area contributed by atoms with E-state index in [1.807, 2.05) is 13.8 Å². The molecule has 0 aliphatic heterocycles. The van der Waals surface area contributed by atoms with Gasteiger partial charge in [-0.25, -0.2) is 0 Å². The number of hydrogen-bond donors (Lipinski definition) is 1. The fraction of sp³-hybridized carbons (Fsp3) is 0.875. The minimum atomic E-state index is -0.163. The van der Waals surface area contributed by atoms with Crippen LogP contribution in [0.2, 0.25) is 0 Å². The molecule has 0 unspecified atom stereocenters. The van der Waals surface area contributed by atoms with Crippen molar-refractivity contribution in [3.63, 3.8) is 0 Å². The van der Waals surface area contributed by atoms with Crippen LogP contribution in [0.1, 0.15) is 20.8 Å². The van der Waals surface area contributed by atoms with E-state index in [4.69, 9.17) is 10.5 Å². The minimum Gasteiger partial charge on any atom is -0.465 e. The summed E-state index contributed by atoms with van der Waals surface area (Å²) in [6.45, 7) is 6.84. The van der Waals surface area contributed by atoms with E-state index in [2.05, 4.69) is 0 Å². The molecule has 4 heteroatoms. The molecule has 0 aromatic carbocycles. The van der Waals surface area contributed by atoms with Crippen LogP contribution in [0.4, 0.5) is 0 Å². The van der Waals surface area contributed by atoms with Gasteiger partial charge in [0.15, 0.2) is 0 Å². The van der Waals surface area contributed by atoms with Crippen molar-refractivity contribution in [1.29, 1.82) is 0 Å². The van der Waals surface area contributed by atoms with Crippen molar-refractivity contribution in [1.82, 2.24) is 0 Å². The van der Waals surface area contributed by atoms with Crippen molar-refractivity contribution in [3.8, 4) is 0 Å². The first-order valence-electron chi connectivity index (χ1n) is 4.01. The van der Waals surface area contributed by atoms with E-state index in [0.717, 1.165) is 0 Å². The molecule has 0 heterocycles. The van der Waals surface area contributed by atoms with Crippen LogP contribution in [0.5, 0.6) is 0 Å². The number of nitrogens with two attached hydrogens (primary N) is 1. The fourth-order valence-corrected chi connectivity index (χ4v) is 1.23. The highest BCUT2D eigenvalue weighted by atomic mass is 32.2. The number of rotatable bonds is 5. The Morgan fingerprint density at radius 2 is 2.17 bits per heavy atom. The molecule has 0 aromatic rings. The average molecular weight is 191 g/mol. The lowest BCUT2D eigenvalue weighted by molar-refractivity contribution is -0.139. The molecular formula is C8H17NO2S. The summed E-state index contributed by atoms with van der Waals surface area (Å²) in [5.74, 6) is 0.224. The summed E-state index contributed by atoms with van der Waals surface area (Å²) in [6.07, 6.45) is 0. The van der Waals surface area contributed by atoms with E-state index in [1.54, 1.807) is 6.92 Å². The molecule has 0 spiro atoms. The molecule has 2 N–H and O–H groups in total. The lowest BCUT2D eigenvalue weighted by Gasteiger charge is -2.20. The van der Waals surface area contributed by atoms with Gasteiger partial charge in [0.05, 0.1) is 12.4 Å². The van der Waals surface area contributed by atoms with Gasteiger partial charge in [0.2, 0.25) is 0 Å². The zero-order chi connectivity index (χ0) is 9.61. The van der Waals surface area contributed by atoms with E-state index in [-0.39, 0.29) is 10.7 Å². The van der Waals surface area contributed by atoms with Crippen LogP contribution in [0.25, 0.3) is 0 Å². The Bertz CT molecular complexity index is 148. The van der Waals surface area contributed by atoms with Crippen molar-refractivity contribution >= 4 is 17.7 Å². The van der Waals surface area contributed by atoms with Gasteiger partial charge in [0.25, 0.3) is 0 Å². The van der Waals surface area contributed by atoms with Crippen molar-refractivity contribution in [2.75, 3.05) is 18.9 Å². The summed E-state index contributed by atoms with van der Waals surface area (Å²) in [5.41, 5.74) is 5.49. The van der Waals surface area contributed by atoms with E-state index < -0.39 is 0 Å². The van der Waals surface area contributed by atoms with E-state index >= 15 is 0 Å². The van der Waals surface area contributed by atoms with Gasteiger partial charge >= 0.3 is 5.97 Å². The molecule has 0 saturated heterocycles. The molecule has 12 heavy (non-hydrogen) atoms. The Morgan fingerprint density at radius 1 is 1.58 bits per heavy atom. The quantitative estimate of drug-likeness (QED) is 0.659. The molecule has 0 radical (unpaired) electrons. The molecule has 0 aromatic heterocycles. The average Bonchev–Trinajstić information content (AvgIpc) is 2.02. The predicted molar refractivity (Wildman–Crippen MR) is 52.2 cm³/mol. The van der Waals surface area contributed by atoms with Gasteiger partial charge in [-0.15, -0.1) is 11.8 Å². The summed E-state index contributed by atoms with van der Waals surface area (Å²) in [4.78, 5) is 10.9. The third kappa shape index (κ3) is 5.43. The number of hydrogen-bond acceptors (Lipinski definition) is 4. The second-order valence-corrected chi connectivity index (χ2v) is 4.74. The van der Waals surface area contributed by atoms with Crippen molar-refractivity contribution in [2.24, 2.45) is 5.73 Å². The summed E-state index contributed by atoms with van der Waals surface area (Å²) in [5, 5.41) is 0. The van der Waals surface area contributed by atoms with Crippen molar-refractivity contribution in [3.05, 3.63) is 0 Å². The van der Waals surface area contributed by atoms with Crippen LogP contribution >= 0.6 is 11.8 Å². The molecule has 0 fully saturated rings. The maximum atomic E-state index is 10.9. The van der Waals surface area contributed by atoms with Gasteiger partial charge in [-0.05, 0) is 20.8 Å². The maximum Gasteiger partial charge on any atom is 0.315 e. The Kier molecular flexibility index (Phi) is 5.33. The van der Waals surface area contributed by atoms with Gasteiger partial charge in [0, 0.05) is 11.3 Å².